The van der Waals surface area contributed by atoms with Crippen LogP contribution in [-0.2, 0) is 14.1 Å². The maximum absolute atomic E-state index is 11.2. The van der Waals surface area contributed by atoms with Crippen molar-refractivity contribution in [1.29, 1.82) is 0 Å². The van der Waals surface area contributed by atoms with Gasteiger partial charge in [0.05, 0.1) is 6.20 Å². The van der Waals surface area contributed by atoms with Crippen LogP contribution in [0.3, 0.4) is 0 Å². The lowest BCUT2D eigenvalue weighted by molar-refractivity contribution is 0.686. The minimum atomic E-state index is -0.138. The molecule has 0 saturated heterocycles. The Morgan fingerprint density at radius 3 is 2.55 bits per heavy atom. The van der Waals surface area contributed by atoms with E-state index in [1.54, 1.807) is 14.1 Å². The second kappa shape index (κ2) is 2.62. The maximum Gasteiger partial charge on any atom is 0.329 e. The number of hydrogen-bond donors (Lipinski definition) is 0. The molecule has 0 aliphatic carbocycles. The smallest absolute Gasteiger partial charge is 0.295 e. The fourth-order valence-corrected chi connectivity index (χ4v) is 1.03. The van der Waals surface area contributed by atoms with E-state index in [1.807, 2.05) is 6.92 Å². The molecule has 1 heterocycles. The van der Waals surface area contributed by atoms with E-state index in [0.29, 0.717) is 4.64 Å². The zero-order chi connectivity index (χ0) is 8.59. The van der Waals surface area contributed by atoms with Crippen LogP contribution in [0, 0.1) is 17.8 Å². The zero-order valence-corrected chi connectivity index (χ0v) is 7.53. The molecule has 0 spiro atoms. The monoisotopic (exact) mass is 169 g/mol. The van der Waals surface area contributed by atoms with Crippen LogP contribution in [0.1, 0.15) is 5.56 Å². The Bertz CT molecular complexity index is 354. The third-order valence-electron chi connectivity index (χ3n) is 1.53. The van der Waals surface area contributed by atoms with Gasteiger partial charge in [0.2, 0.25) is 0 Å². The number of aromatic nitrogens is 2. The summed E-state index contributed by atoms with van der Waals surface area (Å²) in [6.07, 6.45) is 2.83. The van der Waals surface area contributed by atoms with Gasteiger partial charge in [-0.1, -0.05) is 12.2 Å². The van der Waals surface area contributed by atoms with E-state index >= 15 is 0 Å². The quantitative estimate of drug-likeness (QED) is 0.531. The normalized spacial score (nSPS) is 10.1. The van der Waals surface area contributed by atoms with E-state index in [4.69, 9.17) is 12.2 Å². The average Bonchev–Trinajstić information content (AvgIpc) is 1.97. The van der Waals surface area contributed by atoms with Gasteiger partial charge in [-0.15, -0.1) is 0 Å². The van der Waals surface area contributed by atoms with Crippen molar-refractivity contribution in [3.05, 3.63) is 26.9 Å². The molecule has 0 atom stereocenters. The van der Waals surface area contributed by atoms with Crippen LogP contribution in [0.4, 0.5) is 0 Å². The minimum Gasteiger partial charge on any atom is -0.295 e. The minimum absolute atomic E-state index is 0.138. The molecule has 1 aromatic heterocycles. The molecule has 0 fully saturated rings. The van der Waals surface area contributed by atoms with Crippen LogP contribution < -0.4 is 5.69 Å². The maximum atomic E-state index is 11.2. The van der Waals surface area contributed by atoms with Gasteiger partial charge < -0.3 is 0 Å². The summed E-state index contributed by atoms with van der Waals surface area (Å²) in [5, 5.41) is 0. The van der Waals surface area contributed by atoms with Gasteiger partial charge in [0.1, 0.15) is 4.64 Å². The van der Waals surface area contributed by atoms with Gasteiger partial charge in [-0.2, -0.15) is 0 Å². The summed E-state index contributed by atoms with van der Waals surface area (Å²) in [7, 11) is 3.32. The summed E-state index contributed by atoms with van der Waals surface area (Å²) >= 11 is 4.96. The second-order valence-corrected chi connectivity index (χ2v) is 2.83. The Morgan fingerprint density at radius 1 is 1.45 bits per heavy atom. The lowest BCUT2D eigenvalue weighted by Crippen LogP contribution is -2.27. The molecule has 0 amide bonds. The van der Waals surface area contributed by atoms with Crippen molar-refractivity contribution >= 4 is 12.2 Å². The molecule has 4 heteroatoms. The highest BCUT2D eigenvalue weighted by atomic mass is 32.1. The lowest BCUT2D eigenvalue weighted by atomic mass is 10.4. The highest BCUT2D eigenvalue weighted by molar-refractivity contribution is 7.71. The predicted molar refractivity (Wildman–Crippen MR) is 45.1 cm³/mol. The second-order valence-electron chi connectivity index (χ2n) is 2.44. The van der Waals surface area contributed by atoms with Crippen molar-refractivity contribution in [2.24, 2.45) is 14.1 Å². The highest BCUT2D eigenvalue weighted by Gasteiger charge is 1.98. The standard InChI is InChI=1S/C7H9N2OS/c1-5-4-8(2)7(10)9(3)6(5)11/h1-3H3. The summed E-state index contributed by atoms with van der Waals surface area (Å²) < 4.78 is 3.37. The molecule has 59 valence electrons. The van der Waals surface area contributed by atoms with Crippen LogP contribution in [0.2, 0.25) is 0 Å². The zero-order valence-electron chi connectivity index (χ0n) is 6.71. The highest BCUT2D eigenvalue weighted by Crippen LogP contribution is 1.93. The van der Waals surface area contributed by atoms with E-state index in [1.165, 1.54) is 9.13 Å². The first-order valence-corrected chi connectivity index (χ1v) is 3.61. The summed E-state index contributed by atoms with van der Waals surface area (Å²) in [5.74, 6) is 0. The van der Waals surface area contributed by atoms with Crippen molar-refractivity contribution in [2.45, 2.75) is 6.92 Å². The summed E-state index contributed by atoms with van der Waals surface area (Å²) in [6.45, 7) is 1.84. The van der Waals surface area contributed by atoms with Crippen molar-refractivity contribution in [2.75, 3.05) is 0 Å². The van der Waals surface area contributed by atoms with Gasteiger partial charge in [-0.25, -0.2) is 4.79 Å². The molecule has 0 aliphatic rings. The molecule has 0 aromatic carbocycles. The number of nitrogens with zero attached hydrogens (tertiary/aromatic N) is 2. The first-order valence-electron chi connectivity index (χ1n) is 3.20. The van der Waals surface area contributed by atoms with Crippen LogP contribution >= 0.6 is 12.2 Å². The van der Waals surface area contributed by atoms with Gasteiger partial charge in [-0.3, -0.25) is 9.13 Å². The fraction of sp³-hybridized carbons (Fsp3) is 0.429. The van der Waals surface area contributed by atoms with Gasteiger partial charge in [0.25, 0.3) is 0 Å². The van der Waals surface area contributed by atoms with Gasteiger partial charge in [0.15, 0.2) is 0 Å². The van der Waals surface area contributed by atoms with Crippen LogP contribution in [0.25, 0.3) is 0 Å². The Hall–Kier alpha value is -0.900. The Kier molecular flexibility index (Phi) is 1.95. The molecule has 0 aliphatic heterocycles. The number of hydrogen-bond acceptors (Lipinski definition) is 2. The van der Waals surface area contributed by atoms with Crippen LogP contribution in [-0.4, -0.2) is 9.13 Å². The molecular formula is C7H9N2OS. The Labute approximate surface area is 69.9 Å². The van der Waals surface area contributed by atoms with E-state index < -0.39 is 0 Å². The lowest BCUT2D eigenvalue weighted by Gasteiger charge is -2.02. The number of rotatable bonds is 0. The molecule has 1 radical (unpaired) electrons. The van der Waals surface area contributed by atoms with Gasteiger partial charge in [0, 0.05) is 19.7 Å². The van der Waals surface area contributed by atoms with Gasteiger partial charge >= 0.3 is 5.69 Å². The molecule has 1 aromatic rings. The Balaban J connectivity index is 3.74. The third-order valence-corrected chi connectivity index (χ3v) is 2.11. The molecule has 0 unspecified atom stereocenters. The van der Waals surface area contributed by atoms with E-state index in [-0.39, 0.29) is 5.69 Å². The first-order chi connectivity index (χ1) is 5.04. The van der Waals surface area contributed by atoms with Crippen LogP contribution in [0.15, 0.2) is 4.79 Å². The molecular weight excluding hydrogens is 160 g/mol. The Morgan fingerprint density at radius 2 is 2.00 bits per heavy atom. The summed E-state index contributed by atoms with van der Waals surface area (Å²) in [5.41, 5.74) is 0.685. The fourth-order valence-electron chi connectivity index (χ4n) is 0.911. The molecule has 0 N–H and O–H groups in total. The topological polar surface area (TPSA) is 26.9 Å². The largest absolute Gasteiger partial charge is 0.329 e. The SMILES string of the molecule is Cc1[c]n(C)c(=O)n(C)c1=S. The third kappa shape index (κ3) is 1.26. The first kappa shape index (κ1) is 8.20. The number of aryl methyl sites for hydroxylation is 2. The van der Waals surface area contributed by atoms with Crippen molar-refractivity contribution in [3.8, 4) is 0 Å². The van der Waals surface area contributed by atoms with E-state index in [0.717, 1.165) is 5.56 Å². The summed E-state index contributed by atoms with van der Waals surface area (Å²) in [4.78, 5) is 11.2. The van der Waals surface area contributed by atoms with Crippen molar-refractivity contribution in [1.82, 2.24) is 9.13 Å². The molecule has 3 nitrogen and oxygen atoms in total. The molecule has 0 bridgehead atoms. The predicted octanol–water partition coefficient (Wildman–Crippen LogP) is 0.562. The molecule has 11 heavy (non-hydrogen) atoms. The van der Waals surface area contributed by atoms with Crippen molar-refractivity contribution in [3.63, 3.8) is 0 Å². The van der Waals surface area contributed by atoms with Crippen molar-refractivity contribution < 1.29 is 0 Å². The average molecular weight is 169 g/mol. The van der Waals surface area contributed by atoms with E-state index in [9.17, 15) is 4.79 Å². The van der Waals surface area contributed by atoms with Crippen LogP contribution in [0.5, 0.6) is 0 Å². The molecule has 0 saturated carbocycles. The summed E-state index contributed by atoms with van der Waals surface area (Å²) in [6, 6.07) is 0. The molecule has 1 rings (SSSR count). The van der Waals surface area contributed by atoms with E-state index in [2.05, 4.69) is 6.20 Å². The van der Waals surface area contributed by atoms with Gasteiger partial charge in [-0.05, 0) is 6.92 Å².